The highest BCUT2D eigenvalue weighted by Gasteiger charge is 2.31. The van der Waals surface area contributed by atoms with E-state index in [-0.39, 0.29) is 17.8 Å². The Morgan fingerprint density at radius 2 is 1.91 bits per heavy atom. The average molecular weight is 488 g/mol. The lowest BCUT2D eigenvalue weighted by Gasteiger charge is -2.32. The number of anilines is 2. The van der Waals surface area contributed by atoms with Gasteiger partial charge in [0.05, 0.1) is 17.2 Å². The van der Waals surface area contributed by atoms with E-state index in [1.807, 2.05) is 30.3 Å². The normalized spacial score (nSPS) is 15.3. The van der Waals surface area contributed by atoms with Gasteiger partial charge in [0.1, 0.15) is 9.71 Å². The van der Waals surface area contributed by atoms with Crippen LogP contribution in [0.15, 0.2) is 36.4 Å². The van der Waals surface area contributed by atoms with E-state index in [0.29, 0.717) is 37.4 Å². The molecule has 2 aromatic heterocycles. The van der Waals surface area contributed by atoms with Crippen LogP contribution in [-0.4, -0.2) is 53.5 Å². The summed E-state index contributed by atoms with van der Waals surface area (Å²) in [5, 5.41) is 3.99. The van der Waals surface area contributed by atoms with Crippen molar-refractivity contribution in [3.63, 3.8) is 0 Å². The van der Waals surface area contributed by atoms with Crippen molar-refractivity contribution in [2.75, 3.05) is 25.0 Å². The fraction of sp³-hybridized carbons (Fsp3) is 0.391. The number of thiazole rings is 1. The highest BCUT2D eigenvalue weighted by atomic mass is 32.1. The zero-order valence-corrected chi connectivity index (χ0v) is 20.0. The van der Waals surface area contributed by atoms with Gasteiger partial charge in [0, 0.05) is 18.8 Å². The van der Waals surface area contributed by atoms with Crippen molar-refractivity contribution >= 4 is 60.9 Å². The third kappa shape index (κ3) is 5.51. The van der Waals surface area contributed by atoms with Crippen LogP contribution in [0, 0.1) is 5.92 Å². The Hall–Kier alpha value is -2.98. The van der Waals surface area contributed by atoms with Gasteiger partial charge in [-0.2, -0.15) is 0 Å². The molecule has 8 nitrogen and oxygen atoms in total. The number of nitrogens with zero attached hydrogens (tertiary/aromatic N) is 2. The molecule has 1 amide bonds. The molecule has 4 rings (SSSR count). The molecule has 1 unspecified atom stereocenters. The Bertz CT molecular complexity index is 1100. The predicted octanol–water partition coefficient (Wildman–Crippen LogP) is 4.45. The van der Waals surface area contributed by atoms with E-state index < -0.39 is 12.1 Å². The van der Waals surface area contributed by atoms with Crippen molar-refractivity contribution in [1.82, 2.24) is 9.88 Å². The first-order chi connectivity index (χ1) is 15.9. The van der Waals surface area contributed by atoms with Crippen molar-refractivity contribution in [3.8, 4) is 0 Å². The van der Waals surface area contributed by atoms with Gasteiger partial charge in [-0.05, 0) is 44.9 Å². The van der Waals surface area contributed by atoms with Crippen molar-refractivity contribution in [3.05, 3.63) is 41.3 Å². The molecule has 1 aliphatic rings. The van der Waals surface area contributed by atoms with Gasteiger partial charge >= 0.3 is 11.9 Å². The van der Waals surface area contributed by atoms with Crippen molar-refractivity contribution < 1.29 is 23.9 Å². The number of likely N-dealkylation sites (tertiary alicyclic amines) is 1. The van der Waals surface area contributed by atoms with Gasteiger partial charge < -0.3 is 19.7 Å². The van der Waals surface area contributed by atoms with Gasteiger partial charge in [0.2, 0.25) is 0 Å². The second-order valence-corrected chi connectivity index (χ2v) is 9.75. The first-order valence-electron chi connectivity index (χ1n) is 10.8. The number of nitrogens with one attached hydrogen (secondary N) is 1. The minimum Gasteiger partial charge on any atom is -0.466 e. The number of rotatable bonds is 7. The first kappa shape index (κ1) is 23.2. The van der Waals surface area contributed by atoms with Crippen LogP contribution < -0.4 is 5.32 Å². The number of hydrogen-bond donors (Lipinski definition) is 1. The molecule has 0 bridgehead atoms. The molecular weight excluding hydrogens is 462 g/mol. The number of aromatic nitrogens is 1. The molecule has 10 heteroatoms. The Labute approximate surface area is 199 Å². The summed E-state index contributed by atoms with van der Waals surface area (Å²) in [5.74, 6) is -1.18. The average Bonchev–Trinajstić information content (AvgIpc) is 3.38. The van der Waals surface area contributed by atoms with Crippen LogP contribution in [0.4, 0.5) is 10.8 Å². The lowest BCUT2D eigenvalue weighted by atomic mass is 9.97. The number of fused-ring (bicyclic) bond motifs is 1. The SMILES string of the molecule is CCOC(=O)C1CCN(C(=O)C(C)OC(=O)c2cc3sc(Nc4ccccc4)nc3s2)CC1. The number of esters is 2. The number of benzene rings is 1. The molecule has 3 aromatic rings. The largest absolute Gasteiger partial charge is 0.466 e. The van der Waals surface area contributed by atoms with Crippen LogP contribution in [0.5, 0.6) is 0 Å². The topological polar surface area (TPSA) is 97.8 Å². The van der Waals surface area contributed by atoms with E-state index in [1.54, 1.807) is 24.8 Å². The van der Waals surface area contributed by atoms with Gasteiger partial charge in [-0.3, -0.25) is 9.59 Å². The third-order valence-corrected chi connectivity index (χ3v) is 7.43. The van der Waals surface area contributed by atoms with Crippen molar-refractivity contribution in [2.24, 2.45) is 5.92 Å². The number of ether oxygens (including phenoxy) is 2. The molecule has 1 aliphatic heterocycles. The standard InChI is InChI=1S/C23H25N3O5S2/c1-3-30-21(28)15-9-11-26(12-10-15)20(27)14(2)31-22(29)18-13-17-19(32-18)25-23(33-17)24-16-7-5-4-6-8-16/h4-8,13-15H,3,9-12H2,1-2H3,(H,24,25). The molecular formula is C23H25N3O5S2. The van der Waals surface area contributed by atoms with Gasteiger partial charge in [0.15, 0.2) is 11.2 Å². The molecule has 174 valence electrons. The quantitative estimate of drug-likeness (QED) is 0.492. The molecule has 0 radical (unpaired) electrons. The first-order valence-corrected chi connectivity index (χ1v) is 12.5. The maximum absolute atomic E-state index is 12.7. The summed E-state index contributed by atoms with van der Waals surface area (Å²) < 4.78 is 11.4. The summed E-state index contributed by atoms with van der Waals surface area (Å²) in [5.41, 5.74) is 0.942. The number of amides is 1. The number of para-hydroxylation sites is 1. The van der Waals surface area contributed by atoms with Crippen molar-refractivity contribution in [2.45, 2.75) is 32.8 Å². The van der Waals surface area contributed by atoms with Gasteiger partial charge in [-0.1, -0.05) is 29.5 Å². The lowest BCUT2D eigenvalue weighted by Crippen LogP contribution is -2.45. The van der Waals surface area contributed by atoms with E-state index >= 15 is 0 Å². The van der Waals surface area contributed by atoms with Crippen LogP contribution in [0.25, 0.3) is 9.53 Å². The number of thiophene rings is 1. The number of carbonyl (C=O) groups is 3. The Kier molecular flexibility index (Phi) is 7.24. The van der Waals surface area contributed by atoms with Crippen LogP contribution in [0.1, 0.15) is 36.4 Å². The molecule has 0 saturated carbocycles. The molecule has 1 aromatic carbocycles. The summed E-state index contributed by atoms with van der Waals surface area (Å²) in [6, 6.07) is 11.5. The minimum atomic E-state index is -0.903. The van der Waals surface area contributed by atoms with Crippen LogP contribution in [0.2, 0.25) is 0 Å². The zero-order chi connectivity index (χ0) is 23.4. The highest BCUT2D eigenvalue weighted by molar-refractivity contribution is 7.29. The van der Waals surface area contributed by atoms with E-state index in [9.17, 15) is 14.4 Å². The molecule has 1 fully saturated rings. The second-order valence-electron chi connectivity index (χ2n) is 7.69. The Balaban J connectivity index is 1.31. The molecule has 0 spiro atoms. The molecule has 33 heavy (non-hydrogen) atoms. The maximum atomic E-state index is 12.7. The molecule has 0 aliphatic carbocycles. The third-order valence-electron chi connectivity index (χ3n) is 5.37. The van der Waals surface area contributed by atoms with E-state index in [0.717, 1.165) is 20.3 Å². The number of piperidine rings is 1. The Morgan fingerprint density at radius 1 is 1.18 bits per heavy atom. The zero-order valence-electron chi connectivity index (χ0n) is 18.4. The summed E-state index contributed by atoms with van der Waals surface area (Å²) in [7, 11) is 0. The summed E-state index contributed by atoms with van der Waals surface area (Å²) >= 11 is 2.69. The van der Waals surface area contributed by atoms with Crippen molar-refractivity contribution in [1.29, 1.82) is 0 Å². The predicted molar refractivity (Wildman–Crippen MR) is 128 cm³/mol. The van der Waals surface area contributed by atoms with Crippen LogP contribution in [0.3, 0.4) is 0 Å². The van der Waals surface area contributed by atoms with Crippen LogP contribution in [-0.2, 0) is 19.1 Å². The lowest BCUT2D eigenvalue weighted by molar-refractivity contribution is -0.152. The second kappa shape index (κ2) is 10.3. The van der Waals surface area contributed by atoms with Gasteiger partial charge in [-0.15, -0.1) is 11.3 Å². The highest BCUT2D eigenvalue weighted by Crippen LogP contribution is 2.34. The monoisotopic (exact) mass is 487 g/mol. The van der Waals surface area contributed by atoms with Gasteiger partial charge in [-0.25, -0.2) is 9.78 Å². The Morgan fingerprint density at radius 3 is 2.58 bits per heavy atom. The summed E-state index contributed by atoms with van der Waals surface area (Å²) in [6.07, 6.45) is 0.203. The molecule has 1 N–H and O–H groups in total. The fourth-order valence-electron chi connectivity index (χ4n) is 3.66. The smallest absolute Gasteiger partial charge is 0.349 e. The fourth-order valence-corrected chi connectivity index (χ4v) is 5.68. The summed E-state index contributed by atoms with van der Waals surface area (Å²) in [6.45, 7) is 4.60. The minimum absolute atomic E-state index is 0.181. The number of hydrogen-bond acceptors (Lipinski definition) is 9. The summed E-state index contributed by atoms with van der Waals surface area (Å²) in [4.78, 5) is 44.5. The van der Waals surface area contributed by atoms with E-state index in [2.05, 4.69) is 10.3 Å². The van der Waals surface area contributed by atoms with Crippen LogP contribution >= 0.6 is 22.7 Å². The number of carbonyl (C=O) groups excluding carboxylic acids is 3. The van der Waals surface area contributed by atoms with Gasteiger partial charge in [0.25, 0.3) is 5.91 Å². The molecule has 1 atom stereocenters. The molecule has 3 heterocycles. The molecule has 1 saturated heterocycles. The van der Waals surface area contributed by atoms with E-state index in [4.69, 9.17) is 9.47 Å². The van der Waals surface area contributed by atoms with E-state index in [1.165, 1.54) is 22.7 Å². The maximum Gasteiger partial charge on any atom is 0.349 e.